The number of anilines is 9. The van der Waals surface area contributed by atoms with Crippen molar-refractivity contribution in [1.82, 2.24) is 0 Å². The highest BCUT2D eigenvalue weighted by atomic mass is 16.3. The van der Waals surface area contributed by atoms with E-state index >= 15 is 0 Å². The van der Waals surface area contributed by atoms with Crippen molar-refractivity contribution in [2.24, 2.45) is 0 Å². The van der Waals surface area contributed by atoms with Gasteiger partial charge in [0, 0.05) is 45.2 Å². The van der Waals surface area contributed by atoms with Crippen molar-refractivity contribution in [3.05, 3.63) is 178 Å². The molecule has 0 unspecified atom stereocenters. The normalized spacial score (nSPS) is 20.5. The van der Waals surface area contributed by atoms with E-state index in [1.807, 2.05) is 35.2 Å². The molecule has 5 heteroatoms. The average molecular weight is 1020 g/mol. The maximum Gasteiger partial charge on any atom is 0.297 e. The third-order valence-electron chi connectivity index (χ3n) is 19.7. The van der Waals surface area contributed by atoms with Crippen molar-refractivity contribution >= 4 is 85.5 Å². The summed E-state index contributed by atoms with van der Waals surface area (Å²) >= 11 is 0. The Morgan fingerprint density at radius 3 is 1.52 bits per heavy atom. The molecule has 0 bridgehead atoms. The minimum atomic E-state index is -0.426. The van der Waals surface area contributed by atoms with Crippen molar-refractivity contribution in [3.8, 4) is 0 Å². The van der Waals surface area contributed by atoms with Crippen LogP contribution in [-0.2, 0) is 37.9 Å². The summed E-state index contributed by atoms with van der Waals surface area (Å²) in [6.45, 7) is 35.3. The Kier molecular flexibility index (Phi) is 9.56. The molecule has 7 aromatic carbocycles. The number of nitrogens with zero attached hydrogens (tertiary/aromatic N) is 3. The first kappa shape index (κ1) is 44.5. The first-order chi connectivity index (χ1) is 38.3. The number of hydrogen-bond acceptors (Lipinski definition) is 4. The van der Waals surface area contributed by atoms with Crippen molar-refractivity contribution in [2.75, 3.05) is 14.7 Å². The SMILES string of the molecule is [2H]c1c([2H])c([2H])c(N(c2ccccc2)c2cc3c4c(c2)N(c2ccc5c(c2)C(C)(C)CCC5(C)C)c2c(oc5ccc(C(C)(C)C)cc25)B4c2cc4c(cc2N3c2ccc3c(c2)C(C)(C)CCC3(C)C)C(C)(C)CCC4(C)C)c([2H])c1[2H]. The molecule has 0 saturated carbocycles. The molecule has 2 aliphatic heterocycles. The van der Waals surface area contributed by atoms with Crippen LogP contribution in [0.25, 0.3) is 11.0 Å². The standard InChI is InChI=1S/C72H80BN3O/c1-66(2,3)45-26-31-62-51(38-45)64-65(77-62)73-58-43-56-57(72(14,15)37-36-71(56,12)13)44-59(58)75(48-27-29-52-54(39-48)69(8,9)34-32-67(52,4)5)60-41-50(74(46-22-18-16-19-23-46)47-24-20-17-21-25-47)42-61(63(60)73)76(64)49-28-30-53-55(40-49)70(10,11)35-33-68(53,6)7/h16-31,38-44H,32-37H2,1-15H3/i16D,18D,19D,22D,23D. The fourth-order valence-corrected chi connectivity index (χ4v) is 14.4. The van der Waals surface area contributed by atoms with Gasteiger partial charge in [0.25, 0.3) is 6.71 Å². The molecular formula is C72H80BN3O. The second kappa shape index (κ2) is 16.5. The second-order valence-electron chi connectivity index (χ2n) is 28.6. The van der Waals surface area contributed by atoms with Crippen LogP contribution in [0.5, 0.6) is 0 Å². The van der Waals surface area contributed by atoms with E-state index in [0.29, 0.717) is 11.4 Å². The highest BCUT2D eigenvalue weighted by Gasteiger charge is 2.50. The van der Waals surface area contributed by atoms with Gasteiger partial charge >= 0.3 is 0 Å². The Morgan fingerprint density at radius 2 is 0.974 bits per heavy atom. The summed E-state index contributed by atoms with van der Waals surface area (Å²) in [6, 6.07) is 38.8. The van der Waals surface area contributed by atoms with Gasteiger partial charge in [-0.2, -0.15) is 0 Å². The van der Waals surface area contributed by atoms with Crippen LogP contribution in [0.15, 0.2) is 144 Å². The highest BCUT2D eigenvalue weighted by Crippen LogP contribution is 2.56. The summed E-state index contributed by atoms with van der Waals surface area (Å²) in [5.41, 5.74) is 20.3. The second-order valence-corrected chi connectivity index (χ2v) is 28.6. The molecule has 0 saturated heterocycles. The predicted molar refractivity (Wildman–Crippen MR) is 329 cm³/mol. The quantitative estimate of drug-likeness (QED) is 0.160. The Morgan fingerprint density at radius 1 is 0.481 bits per heavy atom. The van der Waals surface area contributed by atoms with Gasteiger partial charge in [-0.05, 0) is 205 Å². The Hall–Kier alpha value is -6.46. The van der Waals surface area contributed by atoms with Crippen LogP contribution in [0.3, 0.4) is 0 Å². The maximum absolute atomic E-state index is 9.70. The average Bonchev–Trinajstić information content (AvgIpc) is 1.22. The van der Waals surface area contributed by atoms with Gasteiger partial charge in [-0.25, -0.2) is 0 Å². The van der Waals surface area contributed by atoms with Gasteiger partial charge in [-0.3, -0.25) is 0 Å². The number of furan rings is 1. The lowest BCUT2D eigenvalue weighted by atomic mass is 9.35. The van der Waals surface area contributed by atoms with E-state index in [0.717, 1.165) is 94.7 Å². The topological polar surface area (TPSA) is 22.9 Å². The minimum absolute atomic E-state index is 0.00806. The summed E-state index contributed by atoms with van der Waals surface area (Å²) in [7, 11) is 0. The molecule has 77 heavy (non-hydrogen) atoms. The summed E-state index contributed by atoms with van der Waals surface area (Å²) in [5.74, 6) is 0. The van der Waals surface area contributed by atoms with Crippen LogP contribution in [0.2, 0.25) is 0 Å². The first-order valence-electron chi connectivity index (χ1n) is 31.1. The van der Waals surface area contributed by atoms with Gasteiger partial charge in [-0.1, -0.05) is 164 Å². The maximum atomic E-state index is 9.70. The fourth-order valence-electron chi connectivity index (χ4n) is 14.4. The van der Waals surface area contributed by atoms with Gasteiger partial charge in [0.2, 0.25) is 0 Å². The zero-order valence-electron chi connectivity index (χ0n) is 53.5. The smallest absolute Gasteiger partial charge is 0.297 e. The van der Waals surface area contributed by atoms with Crippen molar-refractivity contribution in [1.29, 1.82) is 0 Å². The largest absolute Gasteiger partial charge is 0.468 e. The fraction of sp³-hybridized carbons (Fsp3) is 0.389. The third-order valence-corrected chi connectivity index (χ3v) is 19.7. The molecule has 0 amide bonds. The van der Waals surface area contributed by atoms with E-state index in [-0.39, 0.29) is 74.5 Å². The van der Waals surface area contributed by atoms with E-state index in [4.69, 9.17) is 8.53 Å². The monoisotopic (exact) mass is 1020 g/mol. The molecule has 8 aromatic rings. The van der Waals surface area contributed by atoms with Crippen LogP contribution in [-0.4, -0.2) is 6.71 Å². The molecule has 3 aliphatic carbocycles. The Labute approximate surface area is 468 Å². The zero-order valence-corrected chi connectivity index (χ0v) is 48.5. The van der Waals surface area contributed by atoms with Crippen LogP contribution >= 0.6 is 0 Å². The Balaban J connectivity index is 1.23. The summed E-state index contributed by atoms with van der Waals surface area (Å²) in [6.07, 6.45) is 6.44. The van der Waals surface area contributed by atoms with E-state index < -0.39 is 6.04 Å². The number of hydrogen-bond donors (Lipinski definition) is 0. The minimum Gasteiger partial charge on any atom is -0.468 e. The van der Waals surface area contributed by atoms with Crippen molar-refractivity contribution < 1.29 is 11.3 Å². The van der Waals surface area contributed by atoms with Crippen LogP contribution in [0.1, 0.15) is 188 Å². The highest BCUT2D eigenvalue weighted by molar-refractivity contribution is 7.00. The van der Waals surface area contributed by atoms with Gasteiger partial charge in [0.1, 0.15) is 5.58 Å². The molecule has 0 spiro atoms. The molecule has 0 atom stereocenters. The van der Waals surface area contributed by atoms with Gasteiger partial charge < -0.3 is 19.1 Å². The molecule has 5 aliphatic rings. The lowest BCUT2D eigenvalue weighted by Crippen LogP contribution is -2.61. The predicted octanol–water partition coefficient (Wildman–Crippen LogP) is 18.3. The Bertz CT molecular complexity index is 4000. The summed E-state index contributed by atoms with van der Waals surface area (Å²) < 4.78 is 54.1. The molecule has 0 fully saturated rings. The molecule has 392 valence electrons. The number of fused-ring (bicyclic) bond motifs is 9. The first-order valence-corrected chi connectivity index (χ1v) is 28.6. The number of benzene rings is 7. The van der Waals surface area contributed by atoms with Crippen molar-refractivity contribution in [3.63, 3.8) is 0 Å². The molecule has 13 rings (SSSR count). The third kappa shape index (κ3) is 7.66. The van der Waals surface area contributed by atoms with E-state index in [2.05, 4.69) is 193 Å². The van der Waals surface area contributed by atoms with Gasteiger partial charge in [0.15, 0.2) is 0 Å². The molecule has 0 radical (unpaired) electrons. The number of para-hydroxylation sites is 2. The van der Waals surface area contributed by atoms with Gasteiger partial charge in [0.05, 0.1) is 23.9 Å². The van der Waals surface area contributed by atoms with Crippen LogP contribution in [0, 0.1) is 0 Å². The number of rotatable bonds is 5. The lowest BCUT2D eigenvalue weighted by molar-refractivity contribution is 0.332. The van der Waals surface area contributed by atoms with E-state index in [1.54, 1.807) is 0 Å². The molecule has 0 N–H and O–H groups in total. The zero-order chi connectivity index (χ0) is 58.5. The lowest BCUT2D eigenvalue weighted by Gasteiger charge is -2.47. The summed E-state index contributed by atoms with van der Waals surface area (Å²) in [4.78, 5) is 6.91. The molecule has 3 heterocycles. The van der Waals surface area contributed by atoms with Crippen LogP contribution < -0.4 is 31.3 Å². The van der Waals surface area contributed by atoms with E-state index in [1.165, 1.54) is 44.4 Å². The van der Waals surface area contributed by atoms with Crippen LogP contribution in [0.4, 0.5) is 51.2 Å². The van der Waals surface area contributed by atoms with Gasteiger partial charge in [-0.15, -0.1) is 0 Å². The summed E-state index contributed by atoms with van der Waals surface area (Å²) in [5, 5.41) is 1.03. The molecule has 4 nitrogen and oxygen atoms in total. The van der Waals surface area contributed by atoms with Crippen molar-refractivity contribution in [2.45, 2.75) is 180 Å². The molecular weight excluding hydrogens is 934 g/mol. The van der Waals surface area contributed by atoms with E-state index in [9.17, 15) is 2.74 Å². The molecule has 1 aromatic heterocycles.